The Morgan fingerprint density at radius 2 is 2.04 bits per heavy atom. The van der Waals surface area contributed by atoms with Gasteiger partial charge >= 0.3 is 0 Å². The third-order valence-corrected chi connectivity index (χ3v) is 7.34. The maximum absolute atomic E-state index is 13.1. The van der Waals surface area contributed by atoms with Gasteiger partial charge in [-0.2, -0.15) is 5.26 Å². The molecule has 6 nitrogen and oxygen atoms in total. The Morgan fingerprint density at radius 1 is 1.32 bits per heavy atom. The number of nitrogens with zero attached hydrogens (tertiary/aromatic N) is 3. The van der Waals surface area contributed by atoms with Gasteiger partial charge in [0.25, 0.3) is 0 Å². The highest BCUT2D eigenvalue weighted by Gasteiger charge is 2.35. The molecule has 1 aromatic heterocycles. The molecule has 1 amide bonds. The molecule has 2 aromatic rings. The van der Waals surface area contributed by atoms with Crippen molar-refractivity contribution in [3.8, 4) is 6.07 Å². The van der Waals surface area contributed by atoms with E-state index in [4.69, 9.17) is 0 Å². The summed E-state index contributed by atoms with van der Waals surface area (Å²) in [5.41, 5.74) is 2.77. The third-order valence-electron chi connectivity index (χ3n) is 4.63. The van der Waals surface area contributed by atoms with Crippen molar-refractivity contribution < 1.29 is 13.2 Å². The summed E-state index contributed by atoms with van der Waals surface area (Å²) >= 11 is 1.22. The van der Waals surface area contributed by atoms with Gasteiger partial charge in [0.2, 0.25) is 5.91 Å². The molecule has 1 aromatic carbocycles. The number of hydrogen-bond donors (Lipinski definition) is 0. The summed E-state index contributed by atoms with van der Waals surface area (Å²) in [7, 11) is -3.13. The Balaban J connectivity index is 1.84. The summed E-state index contributed by atoms with van der Waals surface area (Å²) in [5.74, 6) is -0.0405. The lowest BCUT2D eigenvalue weighted by molar-refractivity contribution is -0.116. The van der Waals surface area contributed by atoms with Crippen LogP contribution in [-0.2, 0) is 14.6 Å². The number of aromatic nitrogens is 1. The SMILES string of the molecule is Cc1cc(C)c(C#N)c(SCC(=O)N(c2ccccc2)[C@@H]2CCS(=O)(=O)C2)n1. The molecule has 1 fully saturated rings. The van der Waals surface area contributed by atoms with Gasteiger partial charge in [-0.3, -0.25) is 4.79 Å². The molecule has 0 aliphatic carbocycles. The molecule has 8 heteroatoms. The molecule has 1 saturated heterocycles. The molecule has 2 heterocycles. The quantitative estimate of drug-likeness (QED) is 0.698. The van der Waals surface area contributed by atoms with Crippen molar-refractivity contribution in [2.24, 2.45) is 0 Å². The average Bonchev–Trinajstić information content (AvgIpc) is 3.00. The third kappa shape index (κ3) is 4.54. The van der Waals surface area contributed by atoms with E-state index < -0.39 is 9.84 Å². The van der Waals surface area contributed by atoms with Crippen molar-refractivity contribution in [3.63, 3.8) is 0 Å². The van der Waals surface area contributed by atoms with Gasteiger partial charge in [0.15, 0.2) is 9.84 Å². The predicted octanol–water partition coefficient (Wildman–Crippen LogP) is 2.88. The number of rotatable bonds is 5. The first kappa shape index (κ1) is 20.4. The Bertz CT molecular complexity index is 1030. The number of anilines is 1. The van der Waals surface area contributed by atoms with Gasteiger partial charge in [0, 0.05) is 11.4 Å². The van der Waals surface area contributed by atoms with Gasteiger partial charge in [-0.15, -0.1) is 0 Å². The van der Waals surface area contributed by atoms with Gasteiger partial charge in [-0.25, -0.2) is 13.4 Å². The van der Waals surface area contributed by atoms with Crippen molar-refractivity contribution in [2.45, 2.75) is 31.3 Å². The van der Waals surface area contributed by atoms with Gasteiger partial charge in [0.05, 0.1) is 28.9 Å². The minimum atomic E-state index is -3.13. The fourth-order valence-electron chi connectivity index (χ4n) is 3.37. The Kier molecular flexibility index (Phi) is 6.06. The van der Waals surface area contributed by atoms with Crippen LogP contribution in [0.1, 0.15) is 23.2 Å². The normalized spacial score (nSPS) is 17.8. The number of para-hydroxylation sites is 1. The van der Waals surface area contributed by atoms with Crippen LogP contribution in [0.2, 0.25) is 0 Å². The maximum Gasteiger partial charge on any atom is 0.237 e. The summed E-state index contributed by atoms with van der Waals surface area (Å²) < 4.78 is 23.9. The van der Waals surface area contributed by atoms with Gasteiger partial charge in [0.1, 0.15) is 11.1 Å². The van der Waals surface area contributed by atoms with Gasteiger partial charge < -0.3 is 4.90 Å². The molecule has 0 saturated carbocycles. The van der Waals surface area contributed by atoms with Crippen molar-refractivity contribution in [1.82, 2.24) is 4.98 Å². The lowest BCUT2D eigenvalue weighted by Gasteiger charge is -2.28. The van der Waals surface area contributed by atoms with Crippen LogP contribution in [0, 0.1) is 25.2 Å². The van der Waals surface area contributed by atoms with Gasteiger partial charge in [-0.1, -0.05) is 30.0 Å². The predicted molar refractivity (Wildman–Crippen MR) is 110 cm³/mol. The molecule has 1 atom stereocenters. The first-order chi connectivity index (χ1) is 13.3. The largest absolute Gasteiger partial charge is 0.308 e. The van der Waals surface area contributed by atoms with E-state index in [1.807, 2.05) is 50.2 Å². The lowest BCUT2D eigenvalue weighted by atomic mass is 10.1. The molecule has 0 radical (unpaired) electrons. The monoisotopic (exact) mass is 415 g/mol. The topological polar surface area (TPSA) is 91.1 Å². The Hall–Kier alpha value is -2.37. The smallest absolute Gasteiger partial charge is 0.237 e. The van der Waals surface area contributed by atoms with Crippen LogP contribution in [0.15, 0.2) is 41.4 Å². The van der Waals surface area contributed by atoms with Crippen molar-refractivity contribution in [1.29, 1.82) is 5.26 Å². The number of carbonyl (C=O) groups is 1. The fraction of sp³-hybridized carbons (Fsp3) is 0.350. The number of pyridine rings is 1. The lowest BCUT2D eigenvalue weighted by Crippen LogP contribution is -2.42. The molecule has 3 rings (SSSR count). The Morgan fingerprint density at radius 3 is 2.64 bits per heavy atom. The van der Waals surface area contributed by atoms with E-state index in [-0.39, 0.29) is 29.2 Å². The van der Waals surface area contributed by atoms with Crippen LogP contribution in [0.3, 0.4) is 0 Å². The van der Waals surface area contributed by atoms with E-state index in [2.05, 4.69) is 11.1 Å². The number of hydrogen-bond acceptors (Lipinski definition) is 6. The fourth-order valence-corrected chi connectivity index (χ4v) is 6.03. The zero-order chi connectivity index (χ0) is 20.3. The standard InChI is InChI=1S/C20H21N3O3S2/c1-14-10-15(2)22-20(18(14)11-21)27-12-19(24)23(16-6-4-3-5-7-16)17-8-9-28(25,26)13-17/h3-7,10,17H,8-9,12-13H2,1-2H3/t17-/m1/s1. The van der Waals surface area contributed by atoms with Crippen molar-refractivity contribution in [2.75, 3.05) is 22.2 Å². The second-order valence-corrected chi connectivity index (χ2v) is 10.0. The minimum absolute atomic E-state index is 0.0243. The molecule has 1 aliphatic rings. The van der Waals surface area contributed by atoms with Crippen molar-refractivity contribution >= 4 is 33.2 Å². The van der Waals surface area contributed by atoms with Crippen LogP contribution in [0.25, 0.3) is 0 Å². The molecule has 0 bridgehead atoms. The number of amides is 1. The molecule has 0 N–H and O–H groups in total. The second kappa shape index (κ2) is 8.33. The van der Waals surface area contributed by atoms with E-state index in [1.54, 1.807) is 4.90 Å². The minimum Gasteiger partial charge on any atom is -0.308 e. The number of thioether (sulfide) groups is 1. The van der Waals surface area contributed by atoms with E-state index in [9.17, 15) is 18.5 Å². The molecular formula is C20H21N3O3S2. The molecule has 0 unspecified atom stereocenters. The van der Waals surface area contributed by atoms with Crippen LogP contribution in [-0.4, -0.2) is 42.6 Å². The summed E-state index contributed by atoms with van der Waals surface area (Å²) in [6.07, 6.45) is 0.429. The molecular weight excluding hydrogens is 394 g/mol. The molecule has 146 valence electrons. The zero-order valence-electron chi connectivity index (χ0n) is 15.8. The maximum atomic E-state index is 13.1. The number of sulfone groups is 1. The summed E-state index contributed by atoms with van der Waals surface area (Å²) in [5, 5.41) is 9.94. The van der Waals surface area contributed by atoms with Crippen LogP contribution < -0.4 is 4.90 Å². The highest BCUT2D eigenvalue weighted by Crippen LogP contribution is 2.28. The first-order valence-electron chi connectivity index (χ1n) is 8.89. The van der Waals surface area contributed by atoms with Crippen molar-refractivity contribution in [3.05, 3.63) is 53.2 Å². The second-order valence-electron chi connectivity index (χ2n) is 6.82. The molecule has 0 spiro atoms. The number of aryl methyl sites for hydroxylation is 2. The number of nitriles is 1. The summed E-state index contributed by atoms with van der Waals surface area (Å²) in [4.78, 5) is 19.1. The van der Waals surface area contributed by atoms with Gasteiger partial charge in [-0.05, 0) is 44.0 Å². The number of carbonyl (C=O) groups excluding carboxylic acids is 1. The highest BCUT2D eigenvalue weighted by atomic mass is 32.2. The Labute approximate surface area is 169 Å². The zero-order valence-corrected chi connectivity index (χ0v) is 17.4. The van der Waals surface area contributed by atoms with E-state index in [0.717, 1.165) is 11.3 Å². The summed E-state index contributed by atoms with van der Waals surface area (Å²) in [6.45, 7) is 3.69. The summed E-state index contributed by atoms with van der Waals surface area (Å²) in [6, 6.07) is 12.7. The molecule has 28 heavy (non-hydrogen) atoms. The van der Waals surface area contributed by atoms with E-state index >= 15 is 0 Å². The van der Waals surface area contributed by atoms with Crippen LogP contribution >= 0.6 is 11.8 Å². The van der Waals surface area contributed by atoms with Crippen LogP contribution in [0.4, 0.5) is 5.69 Å². The average molecular weight is 416 g/mol. The van der Waals surface area contributed by atoms with E-state index in [1.165, 1.54) is 11.8 Å². The first-order valence-corrected chi connectivity index (χ1v) is 11.7. The van der Waals surface area contributed by atoms with E-state index in [0.29, 0.717) is 22.7 Å². The van der Waals surface area contributed by atoms with Crippen LogP contribution in [0.5, 0.6) is 0 Å². The molecule has 1 aliphatic heterocycles. The highest BCUT2D eigenvalue weighted by molar-refractivity contribution is 8.00. The number of benzene rings is 1.